The molecule has 6 N–H and O–H groups in total. The van der Waals surface area contributed by atoms with Crippen molar-refractivity contribution in [3.05, 3.63) is 22.3 Å². The summed E-state index contributed by atoms with van der Waals surface area (Å²) in [6.45, 7) is 14.7. The Bertz CT molecular complexity index is 1680. The molecule has 2 aliphatic heterocycles. The van der Waals surface area contributed by atoms with Crippen LogP contribution in [0.5, 0.6) is 0 Å². The van der Waals surface area contributed by atoms with E-state index in [0.717, 1.165) is 26.3 Å². The molecule has 16 heteroatoms. The summed E-state index contributed by atoms with van der Waals surface area (Å²) in [6.07, 6.45) is -5.83. The maximum Gasteiger partial charge on any atom is 0.341 e. The van der Waals surface area contributed by atoms with Crippen LogP contribution in [0.2, 0.25) is 0 Å². The van der Waals surface area contributed by atoms with Crippen molar-refractivity contribution in [2.75, 3.05) is 0 Å². The van der Waals surface area contributed by atoms with Gasteiger partial charge in [-0.15, -0.1) is 0 Å². The Labute approximate surface area is 307 Å². The number of aliphatic hydroxyl groups excluding tert-OH is 2. The van der Waals surface area contributed by atoms with E-state index < -0.39 is 99.9 Å². The summed E-state index contributed by atoms with van der Waals surface area (Å²) < 4.78 is 27.2. The van der Waals surface area contributed by atoms with Gasteiger partial charge in [-0.1, -0.05) is 12.5 Å². The van der Waals surface area contributed by atoms with Gasteiger partial charge in [-0.25, -0.2) is 9.59 Å². The fraction of sp³-hybridized carbons (Fsp3) is 0.757. The van der Waals surface area contributed by atoms with Crippen LogP contribution in [0.15, 0.2) is 22.3 Å². The Morgan fingerprint density at radius 2 is 1.11 bits per heavy atom. The van der Waals surface area contributed by atoms with Crippen molar-refractivity contribution in [2.45, 2.75) is 159 Å². The first-order chi connectivity index (χ1) is 24.1. The molecule has 0 unspecified atom stereocenters. The van der Waals surface area contributed by atoms with Gasteiger partial charge in [0.2, 0.25) is 0 Å². The van der Waals surface area contributed by atoms with Gasteiger partial charge in [0.15, 0.2) is 34.6 Å². The van der Waals surface area contributed by atoms with Gasteiger partial charge >= 0.3 is 29.8 Å². The molecule has 2 heterocycles. The minimum atomic E-state index is -2.38. The third-order valence-electron chi connectivity index (χ3n) is 12.8. The molecule has 0 bridgehead atoms. The van der Waals surface area contributed by atoms with E-state index in [0.29, 0.717) is 23.1 Å². The second-order valence-corrected chi connectivity index (χ2v) is 16.5. The standard InChI is InChI=1S/C19H26O9.C18H26O7/c1-8-12(22)6-11-14(8)15-19(25,18(5,24)16(23)27-15)13(26-9(2)20)7-17(11,4)28-10(3)21;1-8-6-11-13(9(8)2)14-18(23,17(5,22)15(21)24-14)12(20)7-16(11,4)25-10(3)19/h11-13,15,22,24-25H,6-7H2,1-5H3;8,11-12,14,20,22-23H,6-7H2,1-5H3/t11-,12+,13-,15-,17-,18+,19+;8-,11+,12+,14+,16+,17-,18-/m01/s1. The largest absolute Gasteiger partial charge is 0.459 e. The van der Waals surface area contributed by atoms with Crippen molar-refractivity contribution in [3.8, 4) is 0 Å². The van der Waals surface area contributed by atoms with Crippen LogP contribution < -0.4 is 0 Å². The lowest BCUT2D eigenvalue weighted by molar-refractivity contribution is -0.209. The van der Waals surface area contributed by atoms with E-state index in [1.54, 1.807) is 20.8 Å². The van der Waals surface area contributed by atoms with Crippen LogP contribution in [-0.4, -0.2) is 125 Å². The van der Waals surface area contributed by atoms with Gasteiger partial charge in [-0.05, 0) is 77.0 Å². The SMILES string of the molecule is CC(=O)O[C@@]1(C)C[C@H](O)[C@@]2(O)[C@@H](OC(=O)[C@@]2(C)O)C2=C(C)[C@H](C)C[C@@H]21.CC(=O)O[C@H]1C[C@](C)(OC(C)=O)[C@H]2C[C@@H](O)C(C)=C2[C@@H]2OC(=O)[C@@](C)(O)[C@@]12O. The first-order valence-electron chi connectivity index (χ1n) is 17.8. The molecule has 6 rings (SSSR count). The Morgan fingerprint density at radius 3 is 1.60 bits per heavy atom. The number of allylic oxidation sites excluding steroid dienone is 1. The van der Waals surface area contributed by atoms with E-state index >= 15 is 0 Å². The molecule has 0 amide bonds. The summed E-state index contributed by atoms with van der Waals surface area (Å²) in [6, 6.07) is 0. The van der Waals surface area contributed by atoms with Crippen LogP contribution >= 0.6 is 0 Å². The summed E-state index contributed by atoms with van der Waals surface area (Å²) in [5, 5.41) is 65.5. The third kappa shape index (κ3) is 5.82. The van der Waals surface area contributed by atoms with Gasteiger partial charge in [0, 0.05) is 45.4 Å². The molecule has 4 fully saturated rings. The van der Waals surface area contributed by atoms with Gasteiger partial charge in [0.25, 0.3) is 0 Å². The Kier molecular flexibility index (Phi) is 9.87. The minimum Gasteiger partial charge on any atom is -0.459 e. The zero-order chi connectivity index (χ0) is 40.2. The number of rotatable bonds is 3. The first-order valence-corrected chi connectivity index (χ1v) is 17.8. The van der Waals surface area contributed by atoms with E-state index in [4.69, 9.17) is 23.7 Å². The quantitative estimate of drug-likeness (QED) is 0.128. The second kappa shape index (κ2) is 12.8. The molecule has 4 aliphatic carbocycles. The zero-order valence-electron chi connectivity index (χ0n) is 31.7. The smallest absolute Gasteiger partial charge is 0.341 e. The fourth-order valence-electron chi connectivity index (χ4n) is 9.75. The van der Waals surface area contributed by atoms with Gasteiger partial charge in [-0.2, -0.15) is 0 Å². The molecule has 0 aromatic carbocycles. The fourth-order valence-corrected chi connectivity index (χ4v) is 9.75. The molecule has 2 saturated carbocycles. The Morgan fingerprint density at radius 1 is 0.679 bits per heavy atom. The summed E-state index contributed by atoms with van der Waals surface area (Å²) in [5.41, 5.74) is -9.13. The summed E-state index contributed by atoms with van der Waals surface area (Å²) in [4.78, 5) is 59.8. The maximum atomic E-state index is 12.4. The number of fused-ring (bicyclic) bond motifs is 6. The second-order valence-electron chi connectivity index (χ2n) is 16.5. The van der Waals surface area contributed by atoms with E-state index in [1.807, 2.05) is 13.8 Å². The molecule has 6 aliphatic rings. The highest BCUT2D eigenvalue weighted by molar-refractivity contribution is 5.86. The molecule has 14 atom stereocenters. The number of ether oxygens (including phenoxy) is 5. The predicted octanol–water partition coefficient (Wildman–Crippen LogP) is 0.201. The number of carbonyl (C=O) groups is 5. The maximum absolute atomic E-state index is 12.4. The molecule has 0 aromatic heterocycles. The average molecular weight is 753 g/mol. The molecular weight excluding hydrogens is 700 g/mol. The minimum absolute atomic E-state index is 0.111. The van der Waals surface area contributed by atoms with Gasteiger partial charge < -0.3 is 54.3 Å². The van der Waals surface area contributed by atoms with Crippen molar-refractivity contribution in [3.63, 3.8) is 0 Å². The zero-order valence-corrected chi connectivity index (χ0v) is 31.7. The van der Waals surface area contributed by atoms with Gasteiger partial charge in [0.05, 0.1) is 12.2 Å². The van der Waals surface area contributed by atoms with E-state index in [9.17, 15) is 54.6 Å². The first kappa shape index (κ1) is 40.8. The highest BCUT2D eigenvalue weighted by Crippen LogP contribution is 2.58. The number of esters is 5. The van der Waals surface area contributed by atoms with E-state index in [2.05, 4.69) is 0 Å². The molecule has 0 aromatic rings. The molecule has 0 radical (unpaired) electrons. The van der Waals surface area contributed by atoms with Crippen LogP contribution in [0.3, 0.4) is 0 Å². The van der Waals surface area contributed by atoms with Crippen molar-refractivity contribution in [1.29, 1.82) is 0 Å². The van der Waals surface area contributed by atoms with Crippen molar-refractivity contribution in [1.82, 2.24) is 0 Å². The lowest BCUT2D eigenvalue weighted by atomic mass is 9.75. The molecule has 296 valence electrons. The van der Waals surface area contributed by atoms with Crippen LogP contribution in [0.4, 0.5) is 0 Å². The predicted molar refractivity (Wildman–Crippen MR) is 179 cm³/mol. The number of carbonyl (C=O) groups excluding carboxylic acids is 5. The van der Waals surface area contributed by atoms with Crippen molar-refractivity contribution in [2.24, 2.45) is 17.8 Å². The molecule has 2 saturated heterocycles. The highest BCUT2D eigenvalue weighted by atomic mass is 16.6. The highest BCUT2D eigenvalue weighted by Gasteiger charge is 2.75. The monoisotopic (exact) mass is 752 g/mol. The average Bonchev–Trinajstić information content (AvgIpc) is 3.58. The summed E-state index contributed by atoms with van der Waals surface area (Å²) in [5.74, 6) is -4.64. The molecule has 16 nitrogen and oxygen atoms in total. The summed E-state index contributed by atoms with van der Waals surface area (Å²) >= 11 is 0. The molecule has 53 heavy (non-hydrogen) atoms. The Hall–Kier alpha value is -3.41. The summed E-state index contributed by atoms with van der Waals surface area (Å²) in [7, 11) is 0. The van der Waals surface area contributed by atoms with E-state index in [-0.39, 0.29) is 31.1 Å². The number of hydrogen-bond acceptors (Lipinski definition) is 16. The lowest BCUT2D eigenvalue weighted by Crippen LogP contribution is -2.64. The van der Waals surface area contributed by atoms with Crippen LogP contribution in [0.25, 0.3) is 0 Å². The van der Waals surface area contributed by atoms with Gasteiger partial charge in [0.1, 0.15) is 17.3 Å². The van der Waals surface area contributed by atoms with Gasteiger partial charge in [-0.3, -0.25) is 14.4 Å². The third-order valence-corrected chi connectivity index (χ3v) is 12.8. The molecular formula is C37H52O16. The number of hydrogen-bond donors (Lipinski definition) is 6. The van der Waals surface area contributed by atoms with Crippen LogP contribution in [-0.2, 0) is 47.7 Å². The van der Waals surface area contributed by atoms with Crippen LogP contribution in [0, 0.1) is 17.8 Å². The Balaban J connectivity index is 0.000000206. The topological polar surface area (TPSA) is 253 Å². The van der Waals surface area contributed by atoms with E-state index in [1.165, 1.54) is 13.8 Å². The number of aliphatic hydroxyl groups is 6. The van der Waals surface area contributed by atoms with Crippen LogP contribution in [0.1, 0.15) is 94.9 Å². The van der Waals surface area contributed by atoms with Crippen molar-refractivity contribution < 1.29 is 78.3 Å². The van der Waals surface area contributed by atoms with Crippen molar-refractivity contribution >= 4 is 29.8 Å². The normalized spacial score (nSPS) is 47.1. The molecule has 0 spiro atoms. The lowest BCUT2D eigenvalue weighted by Gasteiger charge is -2.40.